The maximum Gasteiger partial charge on any atom is 0.349 e. The van der Waals surface area contributed by atoms with E-state index in [4.69, 9.17) is 0 Å². The van der Waals surface area contributed by atoms with Gasteiger partial charge in [-0.3, -0.25) is 4.68 Å². The van der Waals surface area contributed by atoms with Crippen LogP contribution in [0.3, 0.4) is 0 Å². The molecule has 0 unspecified atom stereocenters. The Bertz CT molecular complexity index is 763. The number of carbonyl (C=O) groups excluding carboxylic acids is 1. The first-order chi connectivity index (χ1) is 10.5. The molecule has 22 heavy (non-hydrogen) atoms. The second kappa shape index (κ2) is 5.78. The Morgan fingerprint density at radius 2 is 2.27 bits per heavy atom. The topological polar surface area (TPSA) is 94.4 Å². The fraction of sp³-hybridized carbons (Fsp3) is 0.417. The normalized spacial score (nSPS) is 16.4. The first kappa shape index (κ1) is 15.1. The first-order valence-corrected chi connectivity index (χ1v) is 8.82. The number of aromatic nitrogens is 3. The molecule has 3 heterocycles. The summed E-state index contributed by atoms with van der Waals surface area (Å²) in [4.78, 5) is 15.6. The molecular weight excluding hydrogens is 328 g/mol. The summed E-state index contributed by atoms with van der Waals surface area (Å²) in [5, 5.41) is 5.58. The lowest BCUT2D eigenvalue weighted by molar-refractivity contribution is 0.0602. The van der Waals surface area contributed by atoms with E-state index in [0.717, 1.165) is 11.3 Å². The standard InChI is InChI=1S/C12H14N4O4S2/c1-20-12(17)11-10(2-3-21-11)22(18,19)16-5-9(6-16)4-15-8-13-7-14-15/h2-3,7-9H,4-6H2,1H3. The molecule has 1 saturated heterocycles. The van der Waals surface area contributed by atoms with Crippen molar-refractivity contribution in [2.45, 2.75) is 11.4 Å². The molecule has 1 aliphatic heterocycles. The molecule has 118 valence electrons. The third-order valence-corrected chi connectivity index (χ3v) is 6.35. The number of hydrogen-bond acceptors (Lipinski definition) is 7. The Morgan fingerprint density at radius 3 is 2.91 bits per heavy atom. The number of rotatable bonds is 5. The van der Waals surface area contributed by atoms with Gasteiger partial charge in [-0.1, -0.05) is 0 Å². The molecule has 0 amide bonds. The van der Waals surface area contributed by atoms with E-state index in [1.807, 2.05) is 0 Å². The molecule has 2 aromatic rings. The molecule has 0 aliphatic carbocycles. The minimum atomic E-state index is -3.66. The monoisotopic (exact) mass is 342 g/mol. The lowest BCUT2D eigenvalue weighted by Gasteiger charge is -2.37. The summed E-state index contributed by atoms with van der Waals surface area (Å²) in [6, 6.07) is 1.44. The van der Waals surface area contributed by atoms with Gasteiger partial charge in [0.05, 0.1) is 7.11 Å². The predicted octanol–water partition coefficient (Wildman–Crippen LogP) is 0.447. The van der Waals surface area contributed by atoms with Gasteiger partial charge in [0.25, 0.3) is 0 Å². The van der Waals surface area contributed by atoms with Crippen molar-refractivity contribution in [3.63, 3.8) is 0 Å². The van der Waals surface area contributed by atoms with Crippen LogP contribution in [0.15, 0.2) is 29.0 Å². The van der Waals surface area contributed by atoms with E-state index in [0.29, 0.717) is 19.6 Å². The van der Waals surface area contributed by atoms with Crippen LogP contribution < -0.4 is 0 Å². The van der Waals surface area contributed by atoms with Crippen molar-refractivity contribution >= 4 is 27.3 Å². The van der Waals surface area contributed by atoms with Gasteiger partial charge in [0.1, 0.15) is 22.4 Å². The number of sulfonamides is 1. The molecular formula is C12H14N4O4S2. The van der Waals surface area contributed by atoms with Crippen molar-refractivity contribution in [2.24, 2.45) is 5.92 Å². The van der Waals surface area contributed by atoms with Crippen LogP contribution in [0.1, 0.15) is 9.67 Å². The predicted molar refractivity (Wildman–Crippen MR) is 77.9 cm³/mol. The first-order valence-electron chi connectivity index (χ1n) is 6.50. The van der Waals surface area contributed by atoms with Gasteiger partial charge in [0.15, 0.2) is 0 Å². The SMILES string of the molecule is COC(=O)c1sccc1S(=O)(=O)N1CC(Cn2cncn2)C1. The minimum Gasteiger partial charge on any atom is -0.465 e. The van der Waals surface area contributed by atoms with Gasteiger partial charge < -0.3 is 4.74 Å². The maximum atomic E-state index is 12.6. The highest BCUT2D eigenvalue weighted by Gasteiger charge is 2.39. The summed E-state index contributed by atoms with van der Waals surface area (Å²) in [6.45, 7) is 1.43. The third-order valence-electron chi connectivity index (χ3n) is 3.45. The van der Waals surface area contributed by atoms with Crippen molar-refractivity contribution < 1.29 is 17.9 Å². The van der Waals surface area contributed by atoms with Gasteiger partial charge in [-0.05, 0) is 11.4 Å². The van der Waals surface area contributed by atoms with Crippen LogP contribution in [-0.4, -0.2) is 53.7 Å². The molecule has 1 aliphatic rings. The molecule has 1 fully saturated rings. The molecule has 0 spiro atoms. The Balaban J connectivity index is 1.70. The average Bonchev–Trinajstić information content (AvgIpc) is 3.12. The molecule has 0 bridgehead atoms. The van der Waals surface area contributed by atoms with Crippen LogP contribution in [0, 0.1) is 5.92 Å². The Morgan fingerprint density at radius 1 is 1.50 bits per heavy atom. The van der Waals surface area contributed by atoms with Crippen LogP contribution in [0.4, 0.5) is 0 Å². The number of hydrogen-bond donors (Lipinski definition) is 0. The van der Waals surface area contributed by atoms with Gasteiger partial charge in [-0.25, -0.2) is 18.2 Å². The summed E-state index contributed by atoms with van der Waals surface area (Å²) in [7, 11) is -2.43. The number of ether oxygens (including phenoxy) is 1. The van der Waals surface area contributed by atoms with Crippen molar-refractivity contribution in [3.8, 4) is 0 Å². The lowest BCUT2D eigenvalue weighted by atomic mass is 10.0. The maximum absolute atomic E-state index is 12.6. The van der Waals surface area contributed by atoms with Gasteiger partial charge in [0, 0.05) is 25.6 Å². The zero-order valence-electron chi connectivity index (χ0n) is 11.7. The van der Waals surface area contributed by atoms with E-state index in [-0.39, 0.29) is 15.7 Å². The van der Waals surface area contributed by atoms with E-state index in [9.17, 15) is 13.2 Å². The number of nitrogens with zero attached hydrogens (tertiary/aromatic N) is 4. The summed E-state index contributed by atoms with van der Waals surface area (Å²) in [5.74, 6) is -0.440. The van der Waals surface area contributed by atoms with E-state index in [1.165, 1.54) is 23.8 Å². The van der Waals surface area contributed by atoms with E-state index in [1.54, 1.807) is 16.4 Å². The van der Waals surface area contributed by atoms with E-state index < -0.39 is 16.0 Å². The van der Waals surface area contributed by atoms with Crippen molar-refractivity contribution in [2.75, 3.05) is 20.2 Å². The fourth-order valence-corrected chi connectivity index (χ4v) is 5.21. The Hall–Kier alpha value is -1.78. The van der Waals surface area contributed by atoms with E-state index in [2.05, 4.69) is 14.8 Å². The number of carbonyl (C=O) groups is 1. The molecule has 3 rings (SSSR count). The second-order valence-corrected chi connectivity index (χ2v) is 7.73. The van der Waals surface area contributed by atoms with Crippen LogP contribution >= 0.6 is 11.3 Å². The van der Waals surface area contributed by atoms with Crippen LogP contribution in [-0.2, 0) is 21.3 Å². The van der Waals surface area contributed by atoms with Crippen LogP contribution in [0.2, 0.25) is 0 Å². The highest BCUT2D eigenvalue weighted by Crippen LogP contribution is 2.30. The Labute approximate surface area is 131 Å². The van der Waals surface area contributed by atoms with E-state index >= 15 is 0 Å². The van der Waals surface area contributed by atoms with Crippen molar-refractivity contribution in [1.29, 1.82) is 0 Å². The smallest absolute Gasteiger partial charge is 0.349 e. The number of thiophene rings is 1. The molecule has 0 N–H and O–H groups in total. The summed E-state index contributed by atoms with van der Waals surface area (Å²) >= 11 is 1.06. The van der Waals surface area contributed by atoms with Gasteiger partial charge >= 0.3 is 5.97 Å². The van der Waals surface area contributed by atoms with Gasteiger partial charge in [-0.15, -0.1) is 11.3 Å². The summed E-state index contributed by atoms with van der Waals surface area (Å²) < 4.78 is 32.8. The third kappa shape index (κ3) is 2.64. The molecule has 8 nitrogen and oxygen atoms in total. The summed E-state index contributed by atoms with van der Waals surface area (Å²) in [6.07, 6.45) is 3.05. The molecule has 0 aromatic carbocycles. The molecule has 2 aromatic heterocycles. The molecule has 10 heteroatoms. The largest absolute Gasteiger partial charge is 0.465 e. The number of methoxy groups -OCH3 is 1. The summed E-state index contributed by atoms with van der Waals surface area (Å²) in [5.41, 5.74) is 0. The van der Waals surface area contributed by atoms with Crippen molar-refractivity contribution in [1.82, 2.24) is 19.1 Å². The van der Waals surface area contributed by atoms with Crippen LogP contribution in [0.5, 0.6) is 0 Å². The van der Waals surface area contributed by atoms with Gasteiger partial charge in [0.2, 0.25) is 10.0 Å². The Kier molecular flexibility index (Phi) is 3.98. The van der Waals surface area contributed by atoms with Gasteiger partial charge in [-0.2, -0.15) is 9.40 Å². The minimum absolute atomic E-state index is 0.0172. The van der Waals surface area contributed by atoms with Crippen molar-refractivity contribution in [3.05, 3.63) is 29.0 Å². The molecule has 0 saturated carbocycles. The second-order valence-electron chi connectivity index (χ2n) is 4.91. The lowest BCUT2D eigenvalue weighted by Crippen LogP contribution is -2.51. The fourth-order valence-electron chi connectivity index (χ4n) is 2.31. The average molecular weight is 342 g/mol. The highest BCUT2D eigenvalue weighted by atomic mass is 32.2. The highest BCUT2D eigenvalue weighted by molar-refractivity contribution is 7.89. The van der Waals surface area contributed by atoms with Crippen LogP contribution in [0.25, 0.3) is 0 Å². The number of esters is 1. The molecule has 0 radical (unpaired) electrons. The molecule has 0 atom stereocenters. The zero-order valence-corrected chi connectivity index (χ0v) is 13.4. The zero-order chi connectivity index (χ0) is 15.7. The quantitative estimate of drug-likeness (QED) is 0.732.